The summed E-state index contributed by atoms with van der Waals surface area (Å²) >= 11 is 0. The fourth-order valence-corrected chi connectivity index (χ4v) is 5.31. The zero-order valence-electron chi connectivity index (χ0n) is 31.7. The molecule has 0 heterocycles. The second-order valence-electron chi connectivity index (χ2n) is 13.0. The molecule has 0 aliphatic carbocycles. The first-order valence-electron chi connectivity index (χ1n) is 19.9. The molecule has 2 atom stereocenters. The Bertz CT molecular complexity index is 952. The van der Waals surface area contributed by atoms with Crippen LogP contribution in [0.3, 0.4) is 0 Å². The third-order valence-electron chi connectivity index (χ3n) is 8.36. The van der Waals surface area contributed by atoms with E-state index in [2.05, 4.69) is 116 Å². The molecule has 0 aromatic rings. The predicted molar refractivity (Wildman–Crippen MR) is 216 cm³/mol. The first-order valence-corrected chi connectivity index (χ1v) is 19.9. The van der Waals surface area contributed by atoms with Crippen LogP contribution in [0.2, 0.25) is 0 Å². The molecule has 4 heteroatoms. The summed E-state index contributed by atoms with van der Waals surface area (Å²) in [5, 5.41) is 23.0. The van der Waals surface area contributed by atoms with E-state index in [1.165, 1.54) is 51.4 Å². The molecule has 0 fully saturated rings. The summed E-state index contributed by atoms with van der Waals surface area (Å²) in [6.45, 7) is 4.19. The Morgan fingerprint density at radius 2 is 0.898 bits per heavy atom. The van der Waals surface area contributed by atoms with Crippen LogP contribution < -0.4 is 5.32 Å². The van der Waals surface area contributed by atoms with Crippen molar-refractivity contribution in [2.45, 2.75) is 174 Å². The molecule has 278 valence electrons. The molecule has 0 aliphatic heterocycles. The third kappa shape index (κ3) is 36.4. The Hall–Kier alpha value is -2.69. The highest BCUT2D eigenvalue weighted by Crippen LogP contribution is 2.13. The Kier molecular flexibility index (Phi) is 37.6. The van der Waals surface area contributed by atoms with Crippen molar-refractivity contribution in [1.29, 1.82) is 0 Å². The highest BCUT2D eigenvalue weighted by Gasteiger charge is 2.19. The first kappa shape index (κ1) is 46.3. The summed E-state index contributed by atoms with van der Waals surface area (Å²) in [5.74, 6) is -0.0810. The smallest absolute Gasteiger partial charge is 0.220 e. The molecule has 0 rings (SSSR count). The maximum atomic E-state index is 12.3. The summed E-state index contributed by atoms with van der Waals surface area (Å²) < 4.78 is 0. The third-order valence-corrected chi connectivity index (χ3v) is 8.36. The second kappa shape index (κ2) is 39.7. The van der Waals surface area contributed by atoms with Gasteiger partial charge in [-0.3, -0.25) is 4.79 Å². The molecule has 0 radical (unpaired) electrons. The molecule has 49 heavy (non-hydrogen) atoms. The molecular formula is C45H75NO3. The van der Waals surface area contributed by atoms with Crippen molar-refractivity contribution < 1.29 is 15.0 Å². The molecule has 0 spiro atoms. The van der Waals surface area contributed by atoms with Crippen molar-refractivity contribution in [2.75, 3.05) is 6.61 Å². The van der Waals surface area contributed by atoms with E-state index in [-0.39, 0.29) is 12.5 Å². The zero-order chi connectivity index (χ0) is 35.7. The minimum absolute atomic E-state index is 0.0810. The van der Waals surface area contributed by atoms with Crippen molar-refractivity contribution in [3.8, 4) is 0 Å². The Labute approximate surface area is 303 Å². The van der Waals surface area contributed by atoms with E-state index in [4.69, 9.17) is 0 Å². The number of allylic oxidation sites excluding steroid dienone is 16. The fourth-order valence-electron chi connectivity index (χ4n) is 5.31. The summed E-state index contributed by atoms with van der Waals surface area (Å²) in [4.78, 5) is 12.3. The second-order valence-corrected chi connectivity index (χ2v) is 13.0. The van der Waals surface area contributed by atoms with Gasteiger partial charge in [0.15, 0.2) is 0 Å². The highest BCUT2D eigenvalue weighted by atomic mass is 16.3. The van der Waals surface area contributed by atoms with Gasteiger partial charge in [-0.2, -0.15) is 0 Å². The lowest BCUT2D eigenvalue weighted by Crippen LogP contribution is -2.45. The lowest BCUT2D eigenvalue weighted by Gasteiger charge is -2.22. The zero-order valence-corrected chi connectivity index (χ0v) is 31.7. The minimum Gasteiger partial charge on any atom is -0.394 e. The molecule has 1 amide bonds. The molecule has 0 bridgehead atoms. The Balaban J connectivity index is 3.74. The van der Waals surface area contributed by atoms with E-state index < -0.39 is 12.1 Å². The van der Waals surface area contributed by atoms with Gasteiger partial charge in [-0.15, -0.1) is 0 Å². The van der Waals surface area contributed by atoms with Crippen LogP contribution in [0.4, 0.5) is 0 Å². The van der Waals surface area contributed by atoms with Gasteiger partial charge in [0.1, 0.15) is 0 Å². The average molecular weight is 678 g/mol. The van der Waals surface area contributed by atoms with E-state index in [0.29, 0.717) is 12.8 Å². The van der Waals surface area contributed by atoms with Gasteiger partial charge in [0.2, 0.25) is 5.91 Å². The van der Waals surface area contributed by atoms with Crippen LogP contribution in [0.5, 0.6) is 0 Å². The molecule has 3 N–H and O–H groups in total. The van der Waals surface area contributed by atoms with Crippen molar-refractivity contribution in [3.05, 3.63) is 97.2 Å². The summed E-state index contributed by atoms with van der Waals surface area (Å²) in [5.41, 5.74) is 0. The summed E-state index contributed by atoms with van der Waals surface area (Å²) in [7, 11) is 0. The van der Waals surface area contributed by atoms with E-state index >= 15 is 0 Å². The maximum absolute atomic E-state index is 12.3. The molecule has 0 aromatic heterocycles. The SMILES string of the molecule is CC/C=C\C/C=C\C/C=C\C/C=C\C/C=C\C/C=C\C/C=C\C/C=C\CCCCC(=O)NC(CO)C(O)CCCCCCCCCCCC. The number of hydrogen-bond donors (Lipinski definition) is 3. The van der Waals surface area contributed by atoms with Crippen LogP contribution in [0, 0.1) is 0 Å². The van der Waals surface area contributed by atoms with Gasteiger partial charge in [0.05, 0.1) is 18.8 Å². The number of aliphatic hydroxyl groups is 2. The quantitative estimate of drug-likeness (QED) is 0.0469. The van der Waals surface area contributed by atoms with E-state index in [1.54, 1.807) is 0 Å². The van der Waals surface area contributed by atoms with Gasteiger partial charge in [-0.05, 0) is 77.0 Å². The van der Waals surface area contributed by atoms with Crippen LogP contribution in [0.1, 0.15) is 162 Å². The lowest BCUT2D eigenvalue weighted by molar-refractivity contribution is -0.123. The normalized spacial score (nSPS) is 14.1. The molecule has 0 aromatic carbocycles. The Morgan fingerprint density at radius 3 is 1.31 bits per heavy atom. The van der Waals surface area contributed by atoms with Crippen molar-refractivity contribution >= 4 is 5.91 Å². The number of carbonyl (C=O) groups is 1. The summed E-state index contributed by atoms with van der Waals surface area (Å²) in [6.07, 6.45) is 59.0. The lowest BCUT2D eigenvalue weighted by atomic mass is 10.0. The highest BCUT2D eigenvalue weighted by molar-refractivity contribution is 5.76. The predicted octanol–water partition coefficient (Wildman–Crippen LogP) is 12.3. The van der Waals surface area contributed by atoms with Gasteiger partial charge in [0.25, 0.3) is 0 Å². The summed E-state index contributed by atoms with van der Waals surface area (Å²) in [6, 6.07) is -0.564. The largest absolute Gasteiger partial charge is 0.394 e. The van der Waals surface area contributed by atoms with Gasteiger partial charge in [0, 0.05) is 6.42 Å². The van der Waals surface area contributed by atoms with Crippen LogP contribution in [0.25, 0.3) is 0 Å². The first-order chi connectivity index (χ1) is 24.2. The average Bonchev–Trinajstić information content (AvgIpc) is 3.10. The van der Waals surface area contributed by atoms with E-state index in [9.17, 15) is 15.0 Å². The molecule has 0 saturated heterocycles. The monoisotopic (exact) mass is 678 g/mol. The molecule has 2 unspecified atom stereocenters. The van der Waals surface area contributed by atoms with Gasteiger partial charge in [-0.1, -0.05) is 175 Å². The van der Waals surface area contributed by atoms with Crippen molar-refractivity contribution in [3.63, 3.8) is 0 Å². The Morgan fingerprint density at radius 1 is 0.510 bits per heavy atom. The van der Waals surface area contributed by atoms with Crippen LogP contribution in [-0.2, 0) is 4.79 Å². The van der Waals surface area contributed by atoms with Crippen LogP contribution in [-0.4, -0.2) is 34.9 Å². The van der Waals surface area contributed by atoms with Gasteiger partial charge >= 0.3 is 0 Å². The van der Waals surface area contributed by atoms with Crippen LogP contribution in [0.15, 0.2) is 97.2 Å². The number of hydrogen-bond acceptors (Lipinski definition) is 3. The molecular weight excluding hydrogens is 602 g/mol. The van der Waals surface area contributed by atoms with Gasteiger partial charge in [-0.25, -0.2) is 0 Å². The van der Waals surface area contributed by atoms with Gasteiger partial charge < -0.3 is 15.5 Å². The van der Waals surface area contributed by atoms with Crippen LogP contribution >= 0.6 is 0 Å². The fraction of sp³-hybridized carbons (Fsp3) is 0.622. The number of rotatable bonds is 34. The molecule has 4 nitrogen and oxygen atoms in total. The number of amides is 1. The van der Waals surface area contributed by atoms with Crippen molar-refractivity contribution in [1.82, 2.24) is 5.32 Å². The number of aliphatic hydroxyl groups excluding tert-OH is 2. The molecule has 0 saturated carbocycles. The standard InChI is InChI=1S/C45H75NO3/c1-3-5-7-9-11-13-15-16-17-18-19-20-21-22-23-24-25-26-27-28-29-30-31-33-35-37-39-41-45(49)46-43(42-47)44(48)40-38-36-34-32-14-12-10-8-6-4-2/h5,7,11,13,16-17,19-20,22-23,25-26,28-29,31,33,43-44,47-48H,3-4,6,8-10,12,14-15,18,21,24,27,30,32,34-42H2,1-2H3,(H,46,49)/b7-5-,13-11-,17-16-,20-19-,23-22-,26-25-,29-28-,33-31-. The van der Waals surface area contributed by atoms with Crippen molar-refractivity contribution in [2.24, 2.45) is 0 Å². The van der Waals surface area contributed by atoms with E-state index in [1.807, 2.05) is 0 Å². The molecule has 0 aliphatic rings. The number of carbonyl (C=O) groups excluding carboxylic acids is 1. The van der Waals surface area contributed by atoms with E-state index in [0.717, 1.165) is 83.5 Å². The number of unbranched alkanes of at least 4 members (excludes halogenated alkanes) is 11. The minimum atomic E-state index is -0.682. The number of nitrogens with one attached hydrogen (secondary N) is 1. The maximum Gasteiger partial charge on any atom is 0.220 e. The topological polar surface area (TPSA) is 69.6 Å².